The van der Waals surface area contributed by atoms with Crippen LogP contribution in [0.3, 0.4) is 0 Å². The molecule has 5 heteroatoms. The molecule has 0 amide bonds. The van der Waals surface area contributed by atoms with Crippen molar-refractivity contribution in [2.24, 2.45) is 4.99 Å². The van der Waals surface area contributed by atoms with Gasteiger partial charge in [0.15, 0.2) is 11.3 Å². The van der Waals surface area contributed by atoms with Gasteiger partial charge in [0.25, 0.3) is 0 Å². The second-order valence-corrected chi connectivity index (χ2v) is 7.83. The maximum Gasteiger partial charge on any atom is 0.155 e. The largest absolute Gasteiger partial charge is 0.453 e. The summed E-state index contributed by atoms with van der Waals surface area (Å²) in [7, 11) is 0. The molecule has 0 fully saturated rings. The molecule has 28 heavy (non-hydrogen) atoms. The highest BCUT2D eigenvalue weighted by Crippen LogP contribution is 2.31. The van der Waals surface area contributed by atoms with E-state index in [9.17, 15) is 0 Å². The zero-order chi connectivity index (χ0) is 19.5. The van der Waals surface area contributed by atoms with E-state index in [1.165, 1.54) is 0 Å². The van der Waals surface area contributed by atoms with E-state index in [1.54, 1.807) is 0 Å². The van der Waals surface area contributed by atoms with Gasteiger partial charge in [-0.1, -0.05) is 46.9 Å². The molecule has 2 aromatic carbocycles. The number of anilines is 1. The Morgan fingerprint density at radius 1 is 1.04 bits per heavy atom. The summed E-state index contributed by atoms with van der Waals surface area (Å²) in [5.41, 5.74) is 3.75. The Labute approximate surface area is 178 Å². The van der Waals surface area contributed by atoms with Crippen molar-refractivity contribution in [2.45, 2.75) is 20.3 Å². The van der Waals surface area contributed by atoms with Gasteiger partial charge in [-0.25, -0.2) is 4.98 Å². The zero-order valence-electron chi connectivity index (χ0n) is 16.3. The molecule has 0 radical (unpaired) electrons. The molecule has 0 atom stereocenters. The lowest BCUT2D eigenvalue weighted by molar-refractivity contribution is 0.613. The highest BCUT2D eigenvalue weighted by atomic mass is 127. The Morgan fingerprint density at radius 2 is 1.82 bits per heavy atom. The van der Waals surface area contributed by atoms with Crippen LogP contribution in [0.4, 0.5) is 5.69 Å². The smallest absolute Gasteiger partial charge is 0.155 e. The number of rotatable bonds is 6. The van der Waals surface area contributed by atoms with Gasteiger partial charge in [-0.2, -0.15) is 0 Å². The average Bonchev–Trinajstić information content (AvgIpc) is 2.73. The summed E-state index contributed by atoms with van der Waals surface area (Å²) in [5.74, 6) is 0.788. The molecule has 2 aromatic rings. The quantitative estimate of drug-likeness (QED) is 0.116. The Morgan fingerprint density at radius 3 is 2.57 bits per heavy atom. The molecule has 0 aromatic heterocycles. The molecular weight excluding hydrogens is 461 g/mol. The number of hydrogen-bond donors (Lipinski definition) is 0. The summed E-state index contributed by atoms with van der Waals surface area (Å²) in [6.45, 7) is 7.09. The van der Waals surface area contributed by atoms with E-state index in [0.29, 0.717) is 0 Å². The van der Waals surface area contributed by atoms with Crippen molar-refractivity contribution in [3.63, 3.8) is 0 Å². The van der Waals surface area contributed by atoms with Crippen LogP contribution >= 0.6 is 22.6 Å². The van der Waals surface area contributed by atoms with Crippen molar-refractivity contribution in [1.82, 2.24) is 4.98 Å². The molecule has 0 N–H and O–H groups in total. The van der Waals surface area contributed by atoms with E-state index in [2.05, 4.69) is 77.7 Å². The minimum atomic E-state index is 0.788. The summed E-state index contributed by atoms with van der Waals surface area (Å²) in [6, 6.07) is 16.6. The number of hydrogen-bond acceptors (Lipinski definition) is 4. The lowest BCUT2D eigenvalue weighted by atomic mass is 10.0. The molecule has 4 nitrogen and oxygen atoms in total. The van der Waals surface area contributed by atoms with Crippen LogP contribution in [0, 0.1) is 0 Å². The number of halogens is 1. The number of aromatic nitrogens is 1. The lowest BCUT2D eigenvalue weighted by Crippen LogP contribution is -2.21. The van der Waals surface area contributed by atoms with Crippen LogP contribution in [0.5, 0.6) is 0 Å². The zero-order valence-corrected chi connectivity index (χ0v) is 18.4. The lowest BCUT2D eigenvalue weighted by Gasteiger charge is -2.21. The fourth-order valence-corrected chi connectivity index (χ4v) is 3.94. The summed E-state index contributed by atoms with van der Waals surface area (Å²) in [6.07, 6.45) is 1.08. The minimum absolute atomic E-state index is 0.788. The molecule has 0 saturated heterocycles. The predicted molar refractivity (Wildman–Crippen MR) is 126 cm³/mol. The maximum atomic E-state index is 6.33. The van der Waals surface area contributed by atoms with E-state index >= 15 is 0 Å². The van der Waals surface area contributed by atoms with Crippen molar-refractivity contribution >= 4 is 50.2 Å². The molecule has 0 bridgehead atoms. The van der Waals surface area contributed by atoms with Gasteiger partial charge in [-0.3, -0.25) is 4.99 Å². The SMILES string of the molecule is CCN(CC)c1ccc2nc3c4ccccc4c(=NCCCI)cc-3oc2c1. The standard InChI is InChI=1S/C23H24IN3O/c1-3-27(4-2)16-10-11-19-21(14-16)28-22-15-20(25-13-7-12-24)17-8-5-6-9-18(17)23(22)26-19/h5-6,8-11,14-15H,3-4,7,12-13H2,1-2H3. The predicted octanol–water partition coefficient (Wildman–Crippen LogP) is 5.66. The number of alkyl halides is 1. The topological polar surface area (TPSA) is 41.6 Å². The van der Waals surface area contributed by atoms with E-state index in [4.69, 9.17) is 14.4 Å². The molecular formula is C23H24IN3O. The fourth-order valence-electron chi connectivity index (χ4n) is 3.60. The normalized spacial score (nSPS) is 12.3. The molecule has 4 rings (SSSR count). The number of nitrogens with zero attached hydrogens (tertiary/aromatic N) is 3. The van der Waals surface area contributed by atoms with Gasteiger partial charge in [0.1, 0.15) is 11.2 Å². The van der Waals surface area contributed by atoms with Crippen LogP contribution < -0.4 is 10.3 Å². The Balaban J connectivity index is 1.96. The second kappa shape index (κ2) is 8.47. The molecule has 144 valence electrons. The number of benzene rings is 3. The first kappa shape index (κ1) is 19.2. The van der Waals surface area contributed by atoms with Crippen LogP contribution in [-0.4, -0.2) is 29.0 Å². The van der Waals surface area contributed by atoms with Crippen LogP contribution in [-0.2, 0) is 0 Å². The molecule has 0 unspecified atom stereocenters. The van der Waals surface area contributed by atoms with Crippen molar-refractivity contribution in [3.05, 3.63) is 53.9 Å². The summed E-state index contributed by atoms with van der Waals surface area (Å²) >= 11 is 2.39. The van der Waals surface area contributed by atoms with E-state index in [1.807, 2.05) is 12.1 Å². The molecule has 0 spiro atoms. The highest BCUT2D eigenvalue weighted by Gasteiger charge is 2.15. The molecule has 1 heterocycles. The third kappa shape index (κ3) is 3.60. The monoisotopic (exact) mass is 485 g/mol. The van der Waals surface area contributed by atoms with Crippen molar-refractivity contribution in [2.75, 3.05) is 29.0 Å². The van der Waals surface area contributed by atoms with Crippen LogP contribution in [0.25, 0.3) is 33.3 Å². The average molecular weight is 485 g/mol. The van der Waals surface area contributed by atoms with Crippen LogP contribution in [0.15, 0.2) is 57.9 Å². The highest BCUT2D eigenvalue weighted by molar-refractivity contribution is 14.1. The first-order valence-corrected chi connectivity index (χ1v) is 11.4. The first-order valence-electron chi connectivity index (χ1n) is 9.83. The van der Waals surface area contributed by atoms with Gasteiger partial charge >= 0.3 is 0 Å². The van der Waals surface area contributed by atoms with Gasteiger partial charge in [0.2, 0.25) is 0 Å². The summed E-state index contributed by atoms with van der Waals surface area (Å²) in [4.78, 5) is 12.1. The molecule has 0 saturated carbocycles. The molecule has 1 aliphatic heterocycles. The van der Waals surface area contributed by atoms with E-state index < -0.39 is 0 Å². The molecule has 1 aliphatic carbocycles. The van der Waals surface area contributed by atoms with Crippen molar-refractivity contribution < 1.29 is 4.42 Å². The Kier molecular flexibility index (Phi) is 5.80. The maximum absolute atomic E-state index is 6.33. The van der Waals surface area contributed by atoms with E-state index in [-0.39, 0.29) is 0 Å². The van der Waals surface area contributed by atoms with Gasteiger partial charge < -0.3 is 9.32 Å². The first-order chi connectivity index (χ1) is 13.7. The summed E-state index contributed by atoms with van der Waals surface area (Å²) in [5, 5.41) is 3.20. The Hall–Kier alpha value is -2.15. The Bertz CT molecular complexity index is 1150. The van der Waals surface area contributed by atoms with E-state index in [0.717, 1.165) is 74.9 Å². The number of fused-ring (bicyclic) bond motifs is 4. The third-order valence-electron chi connectivity index (χ3n) is 5.06. The van der Waals surface area contributed by atoms with Crippen molar-refractivity contribution in [1.29, 1.82) is 0 Å². The van der Waals surface area contributed by atoms with Gasteiger partial charge in [0.05, 0.1) is 5.36 Å². The fraction of sp³-hybridized carbons (Fsp3) is 0.304. The van der Waals surface area contributed by atoms with Crippen molar-refractivity contribution in [3.8, 4) is 11.5 Å². The van der Waals surface area contributed by atoms with Crippen LogP contribution in [0.2, 0.25) is 0 Å². The molecule has 2 aliphatic rings. The summed E-state index contributed by atoms with van der Waals surface area (Å²) < 4.78 is 7.44. The van der Waals surface area contributed by atoms with Gasteiger partial charge in [-0.15, -0.1) is 0 Å². The second-order valence-electron chi connectivity index (χ2n) is 6.75. The van der Waals surface area contributed by atoms with Gasteiger partial charge in [-0.05, 0) is 32.4 Å². The van der Waals surface area contributed by atoms with Gasteiger partial charge in [0, 0.05) is 52.7 Å². The van der Waals surface area contributed by atoms with Crippen LogP contribution in [0.1, 0.15) is 20.3 Å². The third-order valence-corrected chi connectivity index (χ3v) is 5.82. The minimum Gasteiger partial charge on any atom is -0.453 e.